The molecule has 0 saturated carbocycles. The number of aryl methyl sites for hydroxylation is 1. The molecule has 4 rings (SSSR count). The highest BCUT2D eigenvalue weighted by molar-refractivity contribution is 7.09. The minimum absolute atomic E-state index is 0.391. The van der Waals surface area contributed by atoms with Crippen LogP contribution in [-0.2, 0) is 17.8 Å². The fraction of sp³-hybridized carbons (Fsp3) is 0.650. The molecule has 5 nitrogen and oxygen atoms in total. The second-order valence-electron chi connectivity index (χ2n) is 7.90. The minimum Gasteiger partial charge on any atom is -0.468 e. The third-order valence-electron chi connectivity index (χ3n) is 6.27. The first-order valence-electron chi connectivity index (χ1n) is 9.53. The molecule has 1 atom stereocenters. The molecule has 1 spiro atoms. The second kappa shape index (κ2) is 7.80. The monoisotopic (exact) mass is 375 g/mol. The summed E-state index contributed by atoms with van der Waals surface area (Å²) in [6.07, 6.45) is 4.29. The van der Waals surface area contributed by atoms with Gasteiger partial charge in [0.25, 0.3) is 0 Å². The van der Waals surface area contributed by atoms with Crippen molar-refractivity contribution in [2.45, 2.75) is 32.9 Å². The van der Waals surface area contributed by atoms with E-state index < -0.39 is 0 Å². The Balaban J connectivity index is 1.39. The predicted octanol–water partition coefficient (Wildman–Crippen LogP) is 3.41. The van der Waals surface area contributed by atoms with Gasteiger partial charge in [-0.3, -0.25) is 9.80 Å². The Bertz CT molecular complexity index is 692. The average molecular weight is 376 g/mol. The van der Waals surface area contributed by atoms with Crippen molar-refractivity contribution in [1.29, 1.82) is 0 Å². The van der Waals surface area contributed by atoms with E-state index in [4.69, 9.17) is 9.15 Å². The van der Waals surface area contributed by atoms with Crippen LogP contribution in [0.4, 0.5) is 0 Å². The van der Waals surface area contributed by atoms with Crippen molar-refractivity contribution in [3.8, 4) is 0 Å². The maximum atomic E-state index is 5.59. The zero-order chi connectivity index (χ0) is 18.0. The molecule has 0 aliphatic carbocycles. The van der Waals surface area contributed by atoms with E-state index in [-0.39, 0.29) is 0 Å². The number of thiazole rings is 1. The normalized spacial score (nSPS) is 23.8. The summed E-state index contributed by atoms with van der Waals surface area (Å²) in [5, 5.41) is 0. The standard InChI is InChI=1S/C20H29N3O2S/c1-16-19(26-15-21-16)12-22-7-5-20(6-8-22)14-23(10-17(20)13-24-2)11-18-4-3-9-25-18/h3-4,9,15,17H,5-8,10-14H2,1-2H3. The maximum absolute atomic E-state index is 5.59. The number of ether oxygens (including phenoxy) is 1. The Morgan fingerprint density at radius 3 is 2.81 bits per heavy atom. The molecule has 0 N–H and O–H groups in total. The summed E-state index contributed by atoms with van der Waals surface area (Å²) in [5.41, 5.74) is 3.55. The van der Waals surface area contributed by atoms with Crippen molar-refractivity contribution in [1.82, 2.24) is 14.8 Å². The van der Waals surface area contributed by atoms with Gasteiger partial charge in [0, 0.05) is 37.5 Å². The van der Waals surface area contributed by atoms with Crippen molar-refractivity contribution in [3.05, 3.63) is 40.2 Å². The van der Waals surface area contributed by atoms with Gasteiger partial charge < -0.3 is 9.15 Å². The van der Waals surface area contributed by atoms with Crippen LogP contribution in [0.3, 0.4) is 0 Å². The molecule has 0 amide bonds. The van der Waals surface area contributed by atoms with Crippen LogP contribution in [0.25, 0.3) is 0 Å². The van der Waals surface area contributed by atoms with Gasteiger partial charge in [-0.25, -0.2) is 4.98 Å². The molecule has 6 heteroatoms. The van der Waals surface area contributed by atoms with Crippen molar-refractivity contribution in [2.24, 2.45) is 11.3 Å². The van der Waals surface area contributed by atoms with Gasteiger partial charge in [0.1, 0.15) is 5.76 Å². The highest BCUT2D eigenvalue weighted by Crippen LogP contribution is 2.45. The lowest BCUT2D eigenvalue weighted by molar-refractivity contribution is 0.0352. The fourth-order valence-corrected chi connectivity index (χ4v) is 5.54. The predicted molar refractivity (Wildman–Crippen MR) is 103 cm³/mol. The van der Waals surface area contributed by atoms with E-state index in [1.54, 1.807) is 17.6 Å². The van der Waals surface area contributed by atoms with E-state index in [9.17, 15) is 0 Å². The molecular weight excluding hydrogens is 346 g/mol. The van der Waals surface area contributed by atoms with Crippen LogP contribution in [0.5, 0.6) is 0 Å². The highest BCUT2D eigenvalue weighted by Gasteiger charge is 2.47. The number of piperidine rings is 1. The highest BCUT2D eigenvalue weighted by atomic mass is 32.1. The van der Waals surface area contributed by atoms with Crippen LogP contribution >= 0.6 is 11.3 Å². The van der Waals surface area contributed by atoms with E-state index in [0.29, 0.717) is 11.3 Å². The number of hydrogen-bond donors (Lipinski definition) is 0. The summed E-state index contributed by atoms with van der Waals surface area (Å²) >= 11 is 1.79. The van der Waals surface area contributed by atoms with Crippen LogP contribution in [0, 0.1) is 18.3 Å². The third kappa shape index (κ3) is 3.74. The molecule has 2 aliphatic heterocycles. The van der Waals surface area contributed by atoms with Gasteiger partial charge in [-0.2, -0.15) is 0 Å². The first-order chi connectivity index (χ1) is 12.7. The molecule has 0 radical (unpaired) electrons. The van der Waals surface area contributed by atoms with E-state index in [1.807, 2.05) is 18.7 Å². The molecular formula is C20H29N3O2S. The van der Waals surface area contributed by atoms with Crippen LogP contribution < -0.4 is 0 Å². The number of methoxy groups -OCH3 is 1. The van der Waals surface area contributed by atoms with Crippen LogP contribution in [-0.4, -0.2) is 54.7 Å². The maximum Gasteiger partial charge on any atom is 0.117 e. The smallest absolute Gasteiger partial charge is 0.117 e. The summed E-state index contributed by atoms with van der Waals surface area (Å²) in [6.45, 7) is 9.57. The lowest BCUT2D eigenvalue weighted by Gasteiger charge is -2.42. The molecule has 1 unspecified atom stereocenters. The molecule has 142 valence electrons. The summed E-state index contributed by atoms with van der Waals surface area (Å²) in [7, 11) is 1.84. The van der Waals surface area contributed by atoms with E-state index in [2.05, 4.69) is 27.8 Å². The fourth-order valence-electron chi connectivity index (χ4n) is 4.72. The Labute approximate surface area is 160 Å². The van der Waals surface area contributed by atoms with Gasteiger partial charge in [-0.15, -0.1) is 11.3 Å². The van der Waals surface area contributed by atoms with E-state index in [1.165, 1.54) is 36.5 Å². The third-order valence-corrected chi connectivity index (χ3v) is 7.19. The summed E-state index contributed by atoms with van der Waals surface area (Å²) in [6, 6.07) is 4.06. The van der Waals surface area contributed by atoms with Gasteiger partial charge in [0.15, 0.2) is 0 Å². The number of furan rings is 1. The van der Waals surface area contributed by atoms with Crippen LogP contribution in [0.15, 0.2) is 28.3 Å². The molecule has 2 fully saturated rings. The lowest BCUT2D eigenvalue weighted by atomic mass is 9.71. The SMILES string of the molecule is COCC1CN(Cc2ccco2)CC12CCN(Cc1scnc1C)CC2. The summed E-state index contributed by atoms with van der Waals surface area (Å²) in [5.74, 6) is 1.69. The first kappa shape index (κ1) is 18.2. The van der Waals surface area contributed by atoms with Gasteiger partial charge in [0.2, 0.25) is 0 Å². The number of aromatic nitrogens is 1. The number of likely N-dealkylation sites (tertiary alicyclic amines) is 2. The van der Waals surface area contributed by atoms with Gasteiger partial charge in [-0.05, 0) is 50.4 Å². The minimum atomic E-state index is 0.391. The number of rotatable bonds is 6. The number of nitrogens with zero attached hydrogens (tertiary/aromatic N) is 3. The molecule has 0 bridgehead atoms. The van der Waals surface area contributed by atoms with Crippen LogP contribution in [0.2, 0.25) is 0 Å². The molecule has 0 aromatic carbocycles. The van der Waals surface area contributed by atoms with Crippen molar-refractivity contribution in [2.75, 3.05) is 39.9 Å². The average Bonchev–Trinajstić information content (AvgIpc) is 3.35. The summed E-state index contributed by atoms with van der Waals surface area (Å²) < 4.78 is 11.2. The Kier molecular flexibility index (Phi) is 5.45. The van der Waals surface area contributed by atoms with Gasteiger partial charge in [0.05, 0.1) is 30.6 Å². The second-order valence-corrected chi connectivity index (χ2v) is 8.84. The van der Waals surface area contributed by atoms with Crippen molar-refractivity contribution in [3.63, 3.8) is 0 Å². The topological polar surface area (TPSA) is 41.7 Å². The van der Waals surface area contributed by atoms with E-state index >= 15 is 0 Å². The first-order valence-corrected chi connectivity index (χ1v) is 10.4. The van der Waals surface area contributed by atoms with Crippen molar-refractivity contribution < 1.29 is 9.15 Å². The largest absolute Gasteiger partial charge is 0.468 e. The van der Waals surface area contributed by atoms with E-state index in [0.717, 1.165) is 38.5 Å². The Hall–Kier alpha value is -1.21. The summed E-state index contributed by atoms with van der Waals surface area (Å²) in [4.78, 5) is 11.0. The Morgan fingerprint density at radius 2 is 2.15 bits per heavy atom. The lowest BCUT2D eigenvalue weighted by Crippen LogP contribution is -2.44. The quantitative estimate of drug-likeness (QED) is 0.774. The molecule has 2 aromatic rings. The molecule has 2 saturated heterocycles. The molecule has 4 heterocycles. The van der Waals surface area contributed by atoms with Gasteiger partial charge in [-0.1, -0.05) is 0 Å². The van der Waals surface area contributed by atoms with Gasteiger partial charge >= 0.3 is 0 Å². The molecule has 2 aromatic heterocycles. The number of hydrogen-bond acceptors (Lipinski definition) is 6. The zero-order valence-electron chi connectivity index (χ0n) is 15.8. The molecule has 2 aliphatic rings. The zero-order valence-corrected chi connectivity index (χ0v) is 16.6. The Morgan fingerprint density at radius 1 is 1.31 bits per heavy atom. The van der Waals surface area contributed by atoms with Crippen molar-refractivity contribution >= 4 is 11.3 Å². The van der Waals surface area contributed by atoms with Crippen LogP contribution in [0.1, 0.15) is 29.2 Å². The molecule has 26 heavy (non-hydrogen) atoms.